The zero-order valence-electron chi connectivity index (χ0n) is 9.91. The summed E-state index contributed by atoms with van der Waals surface area (Å²) in [5.41, 5.74) is 0. The Morgan fingerprint density at radius 1 is 1.47 bits per heavy atom. The van der Waals surface area contributed by atoms with E-state index in [0.717, 1.165) is 26.2 Å². The zero-order valence-corrected chi connectivity index (χ0v) is 9.91. The molecule has 1 rings (SSSR count). The van der Waals surface area contributed by atoms with E-state index < -0.39 is 0 Å². The van der Waals surface area contributed by atoms with E-state index in [2.05, 4.69) is 10.2 Å². The maximum atomic E-state index is 8.94. The summed E-state index contributed by atoms with van der Waals surface area (Å²) in [6, 6.07) is 0.798. The number of hydrogen-bond acceptors (Lipinski definition) is 4. The summed E-state index contributed by atoms with van der Waals surface area (Å²) in [5.74, 6) is 0. The average Bonchev–Trinajstić information content (AvgIpc) is 2.28. The molecule has 1 unspecified atom stereocenters. The predicted octanol–water partition coefficient (Wildman–Crippen LogP) is 0.0676. The van der Waals surface area contributed by atoms with Gasteiger partial charge in [-0.1, -0.05) is 0 Å². The maximum Gasteiger partial charge on any atom is 0.0589 e. The van der Waals surface area contributed by atoms with E-state index in [4.69, 9.17) is 9.84 Å². The van der Waals surface area contributed by atoms with Crippen LogP contribution in [0.2, 0.25) is 0 Å². The molecule has 4 nitrogen and oxygen atoms in total. The van der Waals surface area contributed by atoms with Crippen molar-refractivity contribution < 1.29 is 9.84 Å². The summed E-state index contributed by atoms with van der Waals surface area (Å²) in [7, 11) is 1.75. The van der Waals surface area contributed by atoms with Crippen molar-refractivity contribution in [3.05, 3.63) is 0 Å². The molecule has 0 saturated carbocycles. The Kier molecular flexibility index (Phi) is 6.17. The smallest absolute Gasteiger partial charge is 0.0589 e. The van der Waals surface area contributed by atoms with Gasteiger partial charge in [0.1, 0.15) is 0 Å². The molecule has 1 saturated heterocycles. The fraction of sp³-hybridized carbons (Fsp3) is 1.00. The Morgan fingerprint density at radius 2 is 2.13 bits per heavy atom. The molecule has 2 N–H and O–H groups in total. The number of hydrogen-bond donors (Lipinski definition) is 2. The van der Waals surface area contributed by atoms with Gasteiger partial charge in [0.2, 0.25) is 0 Å². The van der Waals surface area contributed by atoms with Gasteiger partial charge in [0, 0.05) is 25.7 Å². The van der Waals surface area contributed by atoms with Gasteiger partial charge in [-0.15, -0.1) is 0 Å². The van der Waals surface area contributed by atoms with E-state index in [1.165, 1.54) is 12.8 Å². The molecule has 0 bridgehead atoms. The molecule has 1 fully saturated rings. The number of likely N-dealkylation sites (tertiary alicyclic amines) is 1. The number of aliphatic hydroxyl groups is 1. The molecule has 4 heteroatoms. The topological polar surface area (TPSA) is 44.7 Å². The van der Waals surface area contributed by atoms with Gasteiger partial charge in [-0.2, -0.15) is 0 Å². The minimum Gasteiger partial charge on any atom is -0.395 e. The average molecular weight is 216 g/mol. The van der Waals surface area contributed by atoms with Gasteiger partial charge in [-0.05, 0) is 32.9 Å². The second-order valence-corrected chi connectivity index (χ2v) is 4.36. The van der Waals surface area contributed by atoms with Crippen molar-refractivity contribution in [2.24, 2.45) is 0 Å². The summed E-state index contributed by atoms with van der Waals surface area (Å²) >= 11 is 0. The Bertz CT molecular complexity index is 159. The molecule has 0 aliphatic carbocycles. The predicted molar refractivity (Wildman–Crippen MR) is 61.0 cm³/mol. The van der Waals surface area contributed by atoms with Crippen LogP contribution in [0.15, 0.2) is 0 Å². The van der Waals surface area contributed by atoms with E-state index in [-0.39, 0.29) is 12.6 Å². The number of nitrogens with one attached hydrogen (secondary N) is 1. The lowest BCUT2D eigenvalue weighted by Gasteiger charge is -2.33. The lowest BCUT2D eigenvalue weighted by atomic mass is 10.0. The molecule has 0 aromatic heterocycles. The summed E-state index contributed by atoms with van der Waals surface area (Å²) in [6.45, 7) is 6.39. The first-order chi connectivity index (χ1) is 7.26. The van der Waals surface area contributed by atoms with Crippen LogP contribution < -0.4 is 5.32 Å². The van der Waals surface area contributed by atoms with Gasteiger partial charge in [0.15, 0.2) is 0 Å². The number of ether oxygens (including phenoxy) is 1. The van der Waals surface area contributed by atoms with E-state index in [9.17, 15) is 0 Å². The molecule has 15 heavy (non-hydrogen) atoms. The molecule has 1 atom stereocenters. The largest absolute Gasteiger partial charge is 0.395 e. The van der Waals surface area contributed by atoms with E-state index >= 15 is 0 Å². The highest BCUT2D eigenvalue weighted by molar-refractivity contribution is 4.78. The van der Waals surface area contributed by atoms with Gasteiger partial charge in [0.25, 0.3) is 0 Å². The maximum absolute atomic E-state index is 8.94. The lowest BCUT2D eigenvalue weighted by molar-refractivity contribution is 0.121. The van der Waals surface area contributed by atoms with Gasteiger partial charge < -0.3 is 20.1 Å². The summed E-state index contributed by atoms with van der Waals surface area (Å²) in [5, 5.41) is 12.4. The molecule has 0 spiro atoms. The molecule has 0 aromatic rings. The summed E-state index contributed by atoms with van der Waals surface area (Å²) in [4.78, 5) is 2.44. The summed E-state index contributed by atoms with van der Waals surface area (Å²) in [6.07, 6.45) is 2.35. The van der Waals surface area contributed by atoms with Crippen molar-refractivity contribution in [3.63, 3.8) is 0 Å². The molecular formula is C11H24N2O2. The highest BCUT2D eigenvalue weighted by atomic mass is 16.5. The van der Waals surface area contributed by atoms with Crippen molar-refractivity contribution >= 4 is 0 Å². The van der Waals surface area contributed by atoms with Crippen LogP contribution in [0, 0.1) is 0 Å². The van der Waals surface area contributed by atoms with E-state index in [0.29, 0.717) is 6.04 Å². The molecule has 0 aromatic carbocycles. The standard InChI is InChI=1S/C11H24N2O2/c1-10(9-14)12-11-3-5-13(6-4-11)7-8-15-2/h10-12,14H,3-9H2,1-2H3. The molecule has 0 amide bonds. The van der Waals surface area contributed by atoms with E-state index in [1.807, 2.05) is 6.92 Å². The van der Waals surface area contributed by atoms with Crippen LogP contribution in [0.4, 0.5) is 0 Å². The van der Waals surface area contributed by atoms with Crippen molar-refractivity contribution in [2.45, 2.75) is 31.8 Å². The van der Waals surface area contributed by atoms with E-state index in [1.54, 1.807) is 7.11 Å². The third-order valence-corrected chi connectivity index (χ3v) is 2.99. The van der Waals surface area contributed by atoms with Crippen LogP contribution in [-0.2, 0) is 4.74 Å². The number of piperidine rings is 1. The Labute approximate surface area is 92.6 Å². The Hall–Kier alpha value is -0.160. The first-order valence-corrected chi connectivity index (χ1v) is 5.84. The normalized spacial score (nSPS) is 21.8. The third-order valence-electron chi connectivity index (χ3n) is 2.99. The Morgan fingerprint density at radius 3 is 2.67 bits per heavy atom. The van der Waals surface area contributed by atoms with Gasteiger partial charge >= 0.3 is 0 Å². The highest BCUT2D eigenvalue weighted by Crippen LogP contribution is 2.10. The van der Waals surface area contributed by atoms with Crippen LogP contribution in [0.25, 0.3) is 0 Å². The Balaban J connectivity index is 2.12. The second-order valence-electron chi connectivity index (χ2n) is 4.36. The fourth-order valence-electron chi connectivity index (χ4n) is 2.00. The van der Waals surface area contributed by atoms with Crippen molar-refractivity contribution in [3.8, 4) is 0 Å². The van der Waals surface area contributed by atoms with Gasteiger partial charge in [-0.3, -0.25) is 0 Å². The fourth-order valence-corrected chi connectivity index (χ4v) is 2.00. The highest BCUT2D eigenvalue weighted by Gasteiger charge is 2.19. The van der Waals surface area contributed by atoms with Crippen molar-refractivity contribution in [1.82, 2.24) is 10.2 Å². The molecule has 1 aliphatic heterocycles. The second kappa shape index (κ2) is 7.17. The van der Waals surface area contributed by atoms with Crippen molar-refractivity contribution in [2.75, 3.05) is 40.0 Å². The first-order valence-electron chi connectivity index (χ1n) is 5.84. The number of rotatable bonds is 6. The van der Waals surface area contributed by atoms with Gasteiger partial charge in [0.05, 0.1) is 13.2 Å². The monoisotopic (exact) mass is 216 g/mol. The SMILES string of the molecule is COCCN1CCC(NC(C)CO)CC1. The zero-order chi connectivity index (χ0) is 11.1. The quantitative estimate of drug-likeness (QED) is 0.659. The first kappa shape index (κ1) is 12.9. The molecule has 1 aliphatic rings. The van der Waals surface area contributed by atoms with Gasteiger partial charge in [-0.25, -0.2) is 0 Å². The third kappa shape index (κ3) is 4.93. The number of nitrogens with zero attached hydrogens (tertiary/aromatic N) is 1. The number of aliphatic hydroxyl groups excluding tert-OH is 1. The number of methoxy groups -OCH3 is 1. The van der Waals surface area contributed by atoms with Crippen LogP contribution in [0.5, 0.6) is 0 Å². The van der Waals surface area contributed by atoms with Crippen molar-refractivity contribution in [1.29, 1.82) is 0 Å². The molecule has 1 heterocycles. The van der Waals surface area contributed by atoms with Crippen LogP contribution in [-0.4, -0.2) is 62.0 Å². The minimum absolute atomic E-state index is 0.223. The molecular weight excluding hydrogens is 192 g/mol. The summed E-state index contributed by atoms with van der Waals surface area (Å²) < 4.78 is 5.06. The minimum atomic E-state index is 0.223. The molecule has 0 radical (unpaired) electrons. The molecule has 90 valence electrons. The van der Waals surface area contributed by atoms with Crippen LogP contribution >= 0.6 is 0 Å². The van der Waals surface area contributed by atoms with Crippen LogP contribution in [0.3, 0.4) is 0 Å². The lowest BCUT2D eigenvalue weighted by Crippen LogP contribution is -2.46. The van der Waals surface area contributed by atoms with Crippen LogP contribution in [0.1, 0.15) is 19.8 Å².